The molecule has 0 radical (unpaired) electrons. The maximum absolute atomic E-state index is 12.3. The minimum absolute atomic E-state index is 0.0982. The summed E-state index contributed by atoms with van der Waals surface area (Å²) in [5, 5.41) is 6.58. The van der Waals surface area contributed by atoms with Gasteiger partial charge >= 0.3 is 5.97 Å². The van der Waals surface area contributed by atoms with Gasteiger partial charge in [-0.3, -0.25) is 9.59 Å². The number of carbonyl (C=O) groups excluding carboxylic acids is 2. The zero-order chi connectivity index (χ0) is 17.8. The first-order valence-corrected chi connectivity index (χ1v) is 8.95. The molecule has 0 unspecified atom stereocenters. The van der Waals surface area contributed by atoms with E-state index in [0.29, 0.717) is 22.5 Å². The maximum Gasteiger partial charge on any atom is 0.311 e. The highest BCUT2D eigenvalue weighted by Crippen LogP contribution is 2.21. The Morgan fingerprint density at radius 3 is 3.00 bits per heavy atom. The molecule has 8 heteroatoms. The highest BCUT2D eigenvalue weighted by molar-refractivity contribution is 7.13. The van der Waals surface area contributed by atoms with Gasteiger partial charge in [-0.05, 0) is 30.5 Å². The molecule has 3 aromatic rings. The standard InChI is InChI=1S/C17H16ClN3O3S/c1-2-24-16(23)8-13-10-25-17(19-13)20-15(22)9-21-6-5-11-3-4-12(18)7-14(11)21/h3-7,10H,2,8-9H2,1H3,(H,19,20,22). The Bertz CT molecular complexity index is 919. The zero-order valence-electron chi connectivity index (χ0n) is 13.5. The topological polar surface area (TPSA) is 73.2 Å². The Morgan fingerprint density at radius 2 is 2.20 bits per heavy atom. The Labute approximate surface area is 153 Å². The lowest BCUT2D eigenvalue weighted by Gasteiger charge is -2.05. The molecule has 0 atom stereocenters. The highest BCUT2D eigenvalue weighted by Gasteiger charge is 2.12. The zero-order valence-corrected chi connectivity index (χ0v) is 15.1. The molecule has 0 saturated carbocycles. The number of aromatic nitrogens is 2. The van der Waals surface area contributed by atoms with Crippen molar-refractivity contribution in [2.24, 2.45) is 0 Å². The number of carbonyl (C=O) groups is 2. The van der Waals surface area contributed by atoms with Crippen molar-refractivity contribution >= 4 is 50.8 Å². The number of nitrogens with one attached hydrogen (secondary N) is 1. The van der Waals surface area contributed by atoms with Crippen molar-refractivity contribution < 1.29 is 14.3 Å². The number of hydrogen-bond donors (Lipinski definition) is 1. The van der Waals surface area contributed by atoms with Gasteiger partial charge in [-0.15, -0.1) is 11.3 Å². The maximum atomic E-state index is 12.3. The molecular formula is C17H16ClN3O3S. The molecular weight excluding hydrogens is 362 g/mol. The summed E-state index contributed by atoms with van der Waals surface area (Å²) in [5.74, 6) is -0.532. The number of esters is 1. The molecule has 25 heavy (non-hydrogen) atoms. The van der Waals surface area contributed by atoms with Crippen LogP contribution in [0.2, 0.25) is 5.02 Å². The van der Waals surface area contributed by atoms with Crippen LogP contribution in [0.25, 0.3) is 10.9 Å². The number of amides is 1. The third-order valence-electron chi connectivity index (χ3n) is 3.48. The Kier molecular flexibility index (Phi) is 5.35. The minimum Gasteiger partial charge on any atom is -0.466 e. The van der Waals surface area contributed by atoms with E-state index >= 15 is 0 Å². The van der Waals surface area contributed by atoms with Gasteiger partial charge in [0.05, 0.1) is 18.7 Å². The van der Waals surface area contributed by atoms with Crippen LogP contribution in [0, 0.1) is 0 Å². The summed E-state index contributed by atoms with van der Waals surface area (Å²) in [4.78, 5) is 27.9. The van der Waals surface area contributed by atoms with Gasteiger partial charge in [0.1, 0.15) is 6.54 Å². The van der Waals surface area contributed by atoms with Gasteiger partial charge in [-0.1, -0.05) is 17.7 Å². The van der Waals surface area contributed by atoms with Gasteiger partial charge in [0, 0.05) is 22.1 Å². The fourth-order valence-electron chi connectivity index (χ4n) is 2.41. The van der Waals surface area contributed by atoms with Gasteiger partial charge in [0.25, 0.3) is 0 Å². The van der Waals surface area contributed by atoms with Crippen LogP contribution in [-0.4, -0.2) is 28.0 Å². The van der Waals surface area contributed by atoms with Crippen LogP contribution in [0.5, 0.6) is 0 Å². The van der Waals surface area contributed by atoms with E-state index in [2.05, 4.69) is 10.3 Å². The third kappa shape index (κ3) is 4.37. The van der Waals surface area contributed by atoms with Crippen LogP contribution >= 0.6 is 22.9 Å². The molecule has 3 rings (SSSR count). The molecule has 6 nitrogen and oxygen atoms in total. The summed E-state index contributed by atoms with van der Waals surface area (Å²) in [7, 11) is 0. The van der Waals surface area contributed by atoms with Crippen LogP contribution in [-0.2, 0) is 27.3 Å². The molecule has 1 N–H and O–H groups in total. The van der Waals surface area contributed by atoms with Crippen molar-refractivity contribution in [3.8, 4) is 0 Å². The van der Waals surface area contributed by atoms with E-state index in [1.165, 1.54) is 11.3 Å². The molecule has 0 fully saturated rings. The molecule has 1 aromatic carbocycles. The van der Waals surface area contributed by atoms with E-state index in [9.17, 15) is 9.59 Å². The molecule has 0 spiro atoms. The molecule has 0 saturated heterocycles. The van der Waals surface area contributed by atoms with Crippen LogP contribution in [0.3, 0.4) is 0 Å². The van der Waals surface area contributed by atoms with Crippen molar-refractivity contribution in [3.63, 3.8) is 0 Å². The van der Waals surface area contributed by atoms with Crippen LogP contribution in [0.4, 0.5) is 5.13 Å². The smallest absolute Gasteiger partial charge is 0.311 e. The highest BCUT2D eigenvalue weighted by atomic mass is 35.5. The first-order chi connectivity index (χ1) is 12.0. The number of anilines is 1. The number of hydrogen-bond acceptors (Lipinski definition) is 5. The quantitative estimate of drug-likeness (QED) is 0.667. The van der Waals surface area contributed by atoms with Crippen LogP contribution < -0.4 is 5.32 Å². The predicted molar refractivity (Wildman–Crippen MR) is 98.0 cm³/mol. The fourth-order valence-corrected chi connectivity index (χ4v) is 3.31. The minimum atomic E-state index is -0.332. The van der Waals surface area contributed by atoms with Crippen molar-refractivity contribution in [2.45, 2.75) is 19.9 Å². The lowest BCUT2D eigenvalue weighted by atomic mass is 10.2. The molecule has 130 valence electrons. The van der Waals surface area contributed by atoms with Crippen molar-refractivity contribution in [3.05, 3.63) is 46.6 Å². The van der Waals surface area contributed by atoms with Crippen molar-refractivity contribution in [2.75, 3.05) is 11.9 Å². The Balaban J connectivity index is 1.63. The monoisotopic (exact) mass is 377 g/mol. The summed E-state index contributed by atoms with van der Waals surface area (Å²) in [6, 6.07) is 7.48. The average Bonchev–Trinajstić information content (AvgIpc) is 3.15. The number of ether oxygens (including phenoxy) is 1. The van der Waals surface area contributed by atoms with Crippen molar-refractivity contribution in [1.82, 2.24) is 9.55 Å². The molecule has 2 aromatic heterocycles. The van der Waals surface area contributed by atoms with E-state index in [1.54, 1.807) is 12.3 Å². The van der Waals surface area contributed by atoms with E-state index in [-0.39, 0.29) is 24.8 Å². The fraction of sp³-hybridized carbons (Fsp3) is 0.235. The molecule has 0 bridgehead atoms. The second-order valence-corrected chi connectivity index (χ2v) is 6.62. The lowest BCUT2D eigenvalue weighted by molar-refractivity contribution is -0.142. The van der Waals surface area contributed by atoms with Gasteiger partial charge in [-0.25, -0.2) is 4.98 Å². The van der Waals surface area contributed by atoms with E-state index in [4.69, 9.17) is 16.3 Å². The van der Waals surface area contributed by atoms with Crippen molar-refractivity contribution in [1.29, 1.82) is 0 Å². The SMILES string of the molecule is CCOC(=O)Cc1csc(NC(=O)Cn2ccc3ccc(Cl)cc32)n1. The second kappa shape index (κ2) is 7.67. The van der Waals surface area contributed by atoms with E-state index in [1.807, 2.05) is 35.0 Å². The number of halogens is 1. The first-order valence-electron chi connectivity index (χ1n) is 7.69. The molecule has 1 amide bonds. The predicted octanol–water partition coefficient (Wildman–Crippen LogP) is 3.50. The Morgan fingerprint density at radius 1 is 1.36 bits per heavy atom. The normalized spacial score (nSPS) is 10.8. The number of rotatable bonds is 6. The number of benzene rings is 1. The number of nitrogens with zero attached hydrogens (tertiary/aromatic N) is 2. The van der Waals surface area contributed by atoms with Gasteiger partial charge in [0.15, 0.2) is 5.13 Å². The molecule has 0 aliphatic rings. The summed E-state index contributed by atoms with van der Waals surface area (Å²) >= 11 is 7.30. The van der Waals surface area contributed by atoms with E-state index < -0.39 is 0 Å². The number of thiazole rings is 1. The van der Waals surface area contributed by atoms with Crippen LogP contribution in [0.15, 0.2) is 35.8 Å². The average molecular weight is 378 g/mol. The van der Waals surface area contributed by atoms with E-state index in [0.717, 1.165) is 10.9 Å². The Hall–Kier alpha value is -2.38. The largest absolute Gasteiger partial charge is 0.466 e. The first kappa shape index (κ1) is 17.4. The second-order valence-electron chi connectivity index (χ2n) is 5.32. The van der Waals surface area contributed by atoms with Gasteiger partial charge < -0.3 is 14.6 Å². The molecule has 2 heterocycles. The molecule has 0 aliphatic carbocycles. The third-order valence-corrected chi connectivity index (χ3v) is 4.52. The van der Waals surface area contributed by atoms with Gasteiger partial charge in [-0.2, -0.15) is 0 Å². The summed E-state index contributed by atoms with van der Waals surface area (Å²) in [6.07, 6.45) is 1.94. The summed E-state index contributed by atoms with van der Waals surface area (Å²) in [5.41, 5.74) is 1.47. The summed E-state index contributed by atoms with van der Waals surface area (Å²) < 4.78 is 6.70. The molecule has 0 aliphatic heterocycles. The summed E-state index contributed by atoms with van der Waals surface area (Å²) in [6.45, 7) is 2.24. The lowest BCUT2D eigenvalue weighted by Crippen LogP contribution is -2.18. The van der Waals surface area contributed by atoms with Crippen LogP contribution in [0.1, 0.15) is 12.6 Å². The van der Waals surface area contributed by atoms with Gasteiger partial charge in [0.2, 0.25) is 5.91 Å². The number of fused-ring (bicyclic) bond motifs is 1.